The Labute approximate surface area is 167 Å². The Morgan fingerprint density at radius 3 is 2.54 bits per heavy atom. The number of benzene rings is 1. The SMILES string of the molecule is CCn1nc(-c2ccc(Cl)c(F)c2)nc1CC(=O)NCc1cc(C)nc(C)c1. The maximum atomic E-state index is 13.7. The lowest BCUT2D eigenvalue weighted by atomic mass is 10.2. The van der Waals surface area contributed by atoms with Crippen molar-refractivity contribution in [1.29, 1.82) is 0 Å². The molecule has 0 aliphatic rings. The summed E-state index contributed by atoms with van der Waals surface area (Å²) < 4.78 is 15.4. The summed E-state index contributed by atoms with van der Waals surface area (Å²) in [6, 6.07) is 8.28. The number of rotatable bonds is 6. The van der Waals surface area contributed by atoms with E-state index in [9.17, 15) is 9.18 Å². The minimum Gasteiger partial charge on any atom is -0.352 e. The molecule has 28 heavy (non-hydrogen) atoms. The third-order valence-corrected chi connectivity index (χ3v) is 4.48. The zero-order valence-corrected chi connectivity index (χ0v) is 16.7. The van der Waals surface area contributed by atoms with Gasteiger partial charge in [0.25, 0.3) is 0 Å². The zero-order chi connectivity index (χ0) is 20.3. The maximum absolute atomic E-state index is 13.7. The van der Waals surface area contributed by atoms with E-state index in [0.29, 0.717) is 30.3 Å². The number of carbonyl (C=O) groups is 1. The molecule has 3 rings (SSSR count). The largest absolute Gasteiger partial charge is 0.352 e. The molecule has 1 aromatic carbocycles. The van der Waals surface area contributed by atoms with Gasteiger partial charge in [-0.25, -0.2) is 14.1 Å². The predicted octanol–water partition coefficient (Wildman–Crippen LogP) is 3.63. The maximum Gasteiger partial charge on any atom is 0.227 e. The van der Waals surface area contributed by atoms with E-state index in [1.54, 1.807) is 10.7 Å². The van der Waals surface area contributed by atoms with Crippen LogP contribution in [0.25, 0.3) is 11.4 Å². The first-order chi connectivity index (χ1) is 13.4. The van der Waals surface area contributed by atoms with Crippen molar-refractivity contribution < 1.29 is 9.18 Å². The van der Waals surface area contributed by atoms with E-state index in [1.165, 1.54) is 12.1 Å². The molecule has 0 radical (unpaired) electrons. The molecule has 2 aromatic heterocycles. The third-order valence-electron chi connectivity index (χ3n) is 4.18. The van der Waals surface area contributed by atoms with Crippen molar-refractivity contribution in [2.24, 2.45) is 0 Å². The third kappa shape index (κ3) is 4.72. The van der Waals surface area contributed by atoms with Crippen LogP contribution < -0.4 is 5.32 Å². The van der Waals surface area contributed by atoms with Gasteiger partial charge in [-0.2, -0.15) is 5.10 Å². The molecule has 0 bridgehead atoms. The fourth-order valence-corrected chi connectivity index (χ4v) is 3.06. The second-order valence-electron chi connectivity index (χ2n) is 6.51. The lowest BCUT2D eigenvalue weighted by Gasteiger charge is -2.07. The molecule has 1 N–H and O–H groups in total. The van der Waals surface area contributed by atoms with E-state index in [1.807, 2.05) is 32.9 Å². The van der Waals surface area contributed by atoms with Crippen LogP contribution in [0.5, 0.6) is 0 Å². The van der Waals surface area contributed by atoms with Gasteiger partial charge in [-0.05, 0) is 56.7 Å². The van der Waals surface area contributed by atoms with Crippen LogP contribution in [0.3, 0.4) is 0 Å². The summed E-state index contributed by atoms with van der Waals surface area (Å²) in [6.07, 6.45) is 0.0833. The summed E-state index contributed by atoms with van der Waals surface area (Å²) in [6.45, 7) is 6.71. The van der Waals surface area contributed by atoms with Crippen molar-refractivity contribution in [3.05, 3.63) is 63.9 Å². The lowest BCUT2D eigenvalue weighted by Crippen LogP contribution is -2.26. The van der Waals surface area contributed by atoms with Crippen LogP contribution in [0.4, 0.5) is 4.39 Å². The highest BCUT2D eigenvalue weighted by atomic mass is 35.5. The smallest absolute Gasteiger partial charge is 0.227 e. The molecular formula is C20H21ClFN5O. The minimum atomic E-state index is -0.533. The van der Waals surface area contributed by atoms with Gasteiger partial charge < -0.3 is 5.32 Å². The molecule has 0 aliphatic heterocycles. The van der Waals surface area contributed by atoms with Crippen molar-refractivity contribution in [3.63, 3.8) is 0 Å². The minimum absolute atomic E-state index is 0.0415. The number of halogens is 2. The molecule has 2 heterocycles. The molecule has 0 fully saturated rings. The molecule has 6 nitrogen and oxygen atoms in total. The first-order valence-electron chi connectivity index (χ1n) is 8.95. The Kier molecular flexibility index (Phi) is 6.04. The Morgan fingerprint density at radius 2 is 1.89 bits per heavy atom. The summed E-state index contributed by atoms with van der Waals surface area (Å²) >= 11 is 5.73. The Balaban J connectivity index is 1.71. The van der Waals surface area contributed by atoms with E-state index in [-0.39, 0.29) is 17.4 Å². The monoisotopic (exact) mass is 401 g/mol. The van der Waals surface area contributed by atoms with Crippen molar-refractivity contribution in [2.75, 3.05) is 0 Å². The first kappa shape index (κ1) is 19.9. The van der Waals surface area contributed by atoms with Crippen LogP contribution in [-0.4, -0.2) is 25.7 Å². The summed E-state index contributed by atoms with van der Waals surface area (Å²) in [5.41, 5.74) is 3.33. The molecule has 0 atom stereocenters. The second kappa shape index (κ2) is 8.48. The number of aryl methyl sites for hydroxylation is 3. The number of hydrogen-bond donors (Lipinski definition) is 1. The number of amides is 1. The highest BCUT2D eigenvalue weighted by molar-refractivity contribution is 6.30. The van der Waals surface area contributed by atoms with Gasteiger partial charge in [0, 0.05) is 30.0 Å². The zero-order valence-electron chi connectivity index (χ0n) is 16.0. The second-order valence-corrected chi connectivity index (χ2v) is 6.92. The van der Waals surface area contributed by atoms with Crippen LogP contribution >= 0.6 is 11.6 Å². The molecular weight excluding hydrogens is 381 g/mol. The van der Waals surface area contributed by atoms with Crippen molar-refractivity contribution in [3.8, 4) is 11.4 Å². The lowest BCUT2D eigenvalue weighted by molar-refractivity contribution is -0.120. The Hall–Kier alpha value is -2.80. The molecule has 3 aromatic rings. The van der Waals surface area contributed by atoms with Gasteiger partial charge in [-0.1, -0.05) is 11.6 Å². The van der Waals surface area contributed by atoms with Crippen molar-refractivity contribution in [1.82, 2.24) is 25.1 Å². The van der Waals surface area contributed by atoms with Crippen LogP contribution in [0, 0.1) is 19.7 Å². The van der Waals surface area contributed by atoms with Crippen LogP contribution in [0.1, 0.15) is 29.7 Å². The van der Waals surface area contributed by atoms with Crippen molar-refractivity contribution >= 4 is 17.5 Å². The highest BCUT2D eigenvalue weighted by Crippen LogP contribution is 2.22. The molecule has 8 heteroatoms. The fourth-order valence-electron chi connectivity index (χ4n) is 2.95. The van der Waals surface area contributed by atoms with Gasteiger partial charge in [0.05, 0.1) is 11.4 Å². The van der Waals surface area contributed by atoms with E-state index in [4.69, 9.17) is 11.6 Å². The Morgan fingerprint density at radius 1 is 1.18 bits per heavy atom. The van der Waals surface area contributed by atoms with E-state index in [0.717, 1.165) is 17.0 Å². The topological polar surface area (TPSA) is 72.7 Å². The quantitative estimate of drug-likeness (QED) is 0.684. The van der Waals surface area contributed by atoms with Gasteiger partial charge in [0.15, 0.2) is 5.82 Å². The fraction of sp³-hybridized carbons (Fsp3) is 0.300. The van der Waals surface area contributed by atoms with Gasteiger partial charge in [-0.3, -0.25) is 9.78 Å². The van der Waals surface area contributed by atoms with Gasteiger partial charge in [0.2, 0.25) is 5.91 Å². The van der Waals surface area contributed by atoms with Crippen molar-refractivity contribution in [2.45, 2.75) is 40.3 Å². The summed E-state index contributed by atoms with van der Waals surface area (Å²) in [7, 11) is 0. The van der Waals surface area contributed by atoms with Gasteiger partial charge >= 0.3 is 0 Å². The predicted molar refractivity (Wildman–Crippen MR) is 105 cm³/mol. The van der Waals surface area contributed by atoms with Crippen LogP contribution in [0.15, 0.2) is 30.3 Å². The van der Waals surface area contributed by atoms with Crippen LogP contribution in [0.2, 0.25) is 5.02 Å². The normalized spacial score (nSPS) is 10.9. The number of nitrogens with zero attached hydrogens (tertiary/aromatic N) is 4. The van der Waals surface area contributed by atoms with E-state index in [2.05, 4.69) is 20.4 Å². The molecule has 0 spiro atoms. The van der Waals surface area contributed by atoms with Gasteiger partial charge in [-0.15, -0.1) is 0 Å². The molecule has 0 unspecified atom stereocenters. The van der Waals surface area contributed by atoms with E-state index >= 15 is 0 Å². The average molecular weight is 402 g/mol. The molecule has 0 aliphatic carbocycles. The number of carbonyl (C=O) groups excluding carboxylic acids is 1. The van der Waals surface area contributed by atoms with E-state index < -0.39 is 5.82 Å². The highest BCUT2D eigenvalue weighted by Gasteiger charge is 2.15. The summed E-state index contributed by atoms with van der Waals surface area (Å²) in [5, 5.41) is 7.31. The number of nitrogens with one attached hydrogen (secondary N) is 1. The molecule has 0 saturated heterocycles. The molecule has 146 valence electrons. The van der Waals surface area contributed by atoms with Crippen LogP contribution in [-0.2, 0) is 24.3 Å². The molecule has 0 saturated carbocycles. The summed E-state index contributed by atoms with van der Waals surface area (Å²) in [4.78, 5) is 21.1. The Bertz CT molecular complexity index is 998. The summed E-state index contributed by atoms with van der Waals surface area (Å²) in [5.74, 6) is 0.186. The average Bonchev–Trinajstić information content (AvgIpc) is 3.04. The number of aromatic nitrogens is 4. The molecule has 1 amide bonds. The number of pyridine rings is 1. The standard InChI is InChI=1S/C20H21ClFN5O/c1-4-27-18(25-20(26-27)15-5-6-16(21)17(22)9-15)10-19(28)23-11-14-7-12(2)24-13(3)8-14/h5-9H,4,10-11H2,1-3H3,(H,23,28). The van der Waals surface area contributed by atoms with Gasteiger partial charge in [0.1, 0.15) is 11.6 Å². The first-order valence-corrected chi connectivity index (χ1v) is 9.33. The number of hydrogen-bond acceptors (Lipinski definition) is 4.